The highest BCUT2D eigenvalue weighted by molar-refractivity contribution is 9.11. The van der Waals surface area contributed by atoms with Gasteiger partial charge in [-0.05, 0) is 66.0 Å². The lowest BCUT2D eigenvalue weighted by Crippen LogP contribution is -2.32. The van der Waals surface area contributed by atoms with Gasteiger partial charge in [-0.25, -0.2) is 0 Å². The molecule has 1 aromatic rings. The zero-order valence-electron chi connectivity index (χ0n) is 10.0. The summed E-state index contributed by atoms with van der Waals surface area (Å²) in [4.78, 5) is 11.9. The van der Waals surface area contributed by atoms with Gasteiger partial charge in [0.25, 0.3) is 0 Å². The van der Waals surface area contributed by atoms with Crippen molar-refractivity contribution in [2.24, 2.45) is 5.92 Å². The van der Waals surface area contributed by atoms with Crippen molar-refractivity contribution in [2.45, 2.75) is 19.3 Å². The van der Waals surface area contributed by atoms with E-state index in [9.17, 15) is 4.79 Å². The number of carbonyl (C=O) groups is 1. The van der Waals surface area contributed by atoms with Crippen LogP contribution in [-0.2, 0) is 4.79 Å². The smallest absolute Gasteiger partial charge is 0.224 e. The van der Waals surface area contributed by atoms with Gasteiger partial charge >= 0.3 is 0 Å². The first-order valence-corrected chi connectivity index (χ1v) is 7.69. The Morgan fingerprint density at radius 2 is 2.28 bits per heavy atom. The van der Waals surface area contributed by atoms with Crippen molar-refractivity contribution in [2.75, 3.05) is 18.4 Å². The summed E-state index contributed by atoms with van der Waals surface area (Å²) in [6, 6.07) is 5.74. The van der Waals surface area contributed by atoms with Crippen LogP contribution in [0.1, 0.15) is 19.3 Å². The topological polar surface area (TPSA) is 41.1 Å². The third kappa shape index (κ3) is 4.07. The number of benzene rings is 1. The fourth-order valence-electron chi connectivity index (χ4n) is 2.15. The maximum atomic E-state index is 11.9. The van der Waals surface area contributed by atoms with Gasteiger partial charge in [0.15, 0.2) is 0 Å². The number of halogens is 2. The fourth-order valence-corrected chi connectivity index (χ4v) is 3.30. The van der Waals surface area contributed by atoms with Gasteiger partial charge in [-0.3, -0.25) is 4.79 Å². The first-order valence-electron chi connectivity index (χ1n) is 6.11. The van der Waals surface area contributed by atoms with Crippen LogP contribution < -0.4 is 10.6 Å². The van der Waals surface area contributed by atoms with Gasteiger partial charge < -0.3 is 10.6 Å². The Hall–Kier alpha value is -0.390. The minimum atomic E-state index is 0.0896. The largest absolute Gasteiger partial charge is 0.325 e. The summed E-state index contributed by atoms with van der Waals surface area (Å²) < 4.78 is 1.89. The van der Waals surface area contributed by atoms with E-state index in [-0.39, 0.29) is 5.91 Å². The van der Waals surface area contributed by atoms with Gasteiger partial charge in [0.2, 0.25) is 5.91 Å². The van der Waals surface area contributed by atoms with Gasteiger partial charge in [0, 0.05) is 15.4 Å². The molecule has 1 fully saturated rings. The number of carbonyl (C=O) groups excluding carboxylic acids is 1. The molecule has 1 unspecified atom stereocenters. The number of amides is 1. The number of nitrogens with one attached hydrogen (secondary N) is 2. The number of rotatable bonds is 3. The minimum absolute atomic E-state index is 0.0896. The van der Waals surface area contributed by atoms with Crippen molar-refractivity contribution < 1.29 is 4.79 Å². The van der Waals surface area contributed by atoms with Gasteiger partial charge in [-0.2, -0.15) is 0 Å². The molecule has 0 bridgehead atoms. The summed E-state index contributed by atoms with van der Waals surface area (Å²) in [5.41, 5.74) is 0.826. The molecule has 5 heteroatoms. The summed E-state index contributed by atoms with van der Waals surface area (Å²) in [7, 11) is 0. The monoisotopic (exact) mass is 374 g/mol. The van der Waals surface area contributed by atoms with Gasteiger partial charge in [0.05, 0.1) is 5.69 Å². The zero-order chi connectivity index (χ0) is 13.0. The summed E-state index contributed by atoms with van der Waals surface area (Å²) in [6.07, 6.45) is 2.90. The number of hydrogen-bond acceptors (Lipinski definition) is 2. The molecule has 0 saturated carbocycles. The van der Waals surface area contributed by atoms with Crippen LogP contribution in [0.3, 0.4) is 0 Å². The Morgan fingerprint density at radius 1 is 1.44 bits per heavy atom. The summed E-state index contributed by atoms with van der Waals surface area (Å²) in [6.45, 7) is 2.03. The summed E-state index contributed by atoms with van der Waals surface area (Å²) in [5.74, 6) is 0.555. The minimum Gasteiger partial charge on any atom is -0.325 e. The highest BCUT2D eigenvalue weighted by Crippen LogP contribution is 2.26. The highest BCUT2D eigenvalue weighted by Gasteiger charge is 2.17. The van der Waals surface area contributed by atoms with E-state index < -0.39 is 0 Å². The molecule has 1 heterocycles. The van der Waals surface area contributed by atoms with Gasteiger partial charge in [-0.15, -0.1) is 0 Å². The summed E-state index contributed by atoms with van der Waals surface area (Å²) in [5, 5.41) is 6.28. The molecule has 1 amide bonds. The normalized spacial score (nSPS) is 19.6. The van der Waals surface area contributed by atoms with Gasteiger partial charge in [0.1, 0.15) is 0 Å². The molecule has 1 aliphatic heterocycles. The van der Waals surface area contributed by atoms with Crippen molar-refractivity contribution in [3.63, 3.8) is 0 Å². The quantitative estimate of drug-likeness (QED) is 0.848. The van der Waals surface area contributed by atoms with E-state index in [0.717, 1.165) is 34.1 Å². The van der Waals surface area contributed by atoms with Crippen molar-refractivity contribution in [3.05, 3.63) is 27.1 Å². The molecular weight excluding hydrogens is 360 g/mol. The number of hydrogen-bond donors (Lipinski definition) is 2. The molecule has 0 spiro atoms. The predicted octanol–water partition coefficient (Wildman–Crippen LogP) is 3.54. The Bertz CT molecular complexity index is 431. The predicted molar refractivity (Wildman–Crippen MR) is 80.7 cm³/mol. The molecule has 1 saturated heterocycles. The first-order chi connectivity index (χ1) is 8.65. The fraction of sp³-hybridized carbons (Fsp3) is 0.462. The molecule has 98 valence electrons. The molecule has 2 N–H and O–H groups in total. The van der Waals surface area contributed by atoms with Crippen LogP contribution in [0.5, 0.6) is 0 Å². The van der Waals surface area contributed by atoms with Gasteiger partial charge in [-0.1, -0.05) is 15.9 Å². The van der Waals surface area contributed by atoms with E-state index in [1.165, 1.54) is 6.42 Å². The second-order valence-corrected chi connectivity index (χ2v) is 6.36. The van der Waals surface area contributed by atoms with Crippen LogP contribution in [0.4, 0.5) is 5.69 Å². The molecule has 1 aromatic carbocycles. The Morgan fingerprint density at radius 3 is 2.94 bits per heavy atom. The van der Waals surface area contributed by atoms with E-state index in [1.54, 1.807) is 0 Å². The van der Waals surface area contributed by atoms with Crippen LogP contribution in [0.2, 0.25) is 0 Å². The van der Waals surface area contributed by atoms with Crippen LogP contribution in [0.15, 0.2) is 27.1 Å². The molecule has 1 aliphatic rings. The molecule has 0 aliphatic carbocycles. The average molecular weight is 376 g/mol. The van der Waals surface area contributed by atoms with E-state index in [2.05, 4.69) is 42.5 Å². The van der Waals surface area contributed by atoms with Crippen LogP contribution >= 0.6 is 31.9 Å². The molecule has 1 atom stereocenters. The van der Waals surface area contributed by atoms with Crippen molar-refractivity contribution >= 4 is 43.5 Å². The second kappa shape index (κ2) is 6.68. The second-order valence-electron chi connectivity index (χ2n) is 4.59. The van der Waals surface area contributed by atoms with E-state index in [4.69, 9.17) is 0 Å². The van der Waals surface area contributed by atoms with Crippen molar-refractivity contribution in [3.8, 4) is 0 Å². The molecular formula is C13H16Br2N2O. The lowest BCUT2D eigenvalue weighted by Gasteiger charge is -2.22. The Kier molecular flexibility index (Phi) is 5.21. The lowest BCUT2D eigenvalue weighted by molar-refractivity contribution is -0.117. The third-order valence-electron chi connectivity index (χ3n) is 3.08. The standard InChI is InChI=1S/C13H16Br2N2O/c14-10-3-4-12(11(15)7-10)17-13(18)6-9-2-1-5-16-8-9/h3-4,7,9,16H,1-2,5-6,8H2,(H,17,18). The SMILES string of the molecule is O=C(CC1CCCNC1)Nc1ccc(Br)cc1Br. The lowest BCUT2D eigenvalue weighted by atomic mass is 9.96. The van der Waals surface area contributed by atoms with E-state index in [1.807, 2.05) is 18.2 Å². The third-order valence-corrected chi connectivity index (χ3v) is 4.23. The molecule has 3 nitrogen and oxygen atoms in total. The highest BCUT2D eigenvalue weighted by atomic mass is 79.9. The number of anilines is 1. The van der Waals surface area contributed by atoms with E-state index >= 15 is 0 Å². The molecule has 2 rings (SSSR count). The molecule has 0 aromatic heterocycles. The molecule has 18 heavy (non-hydrogen) atoms. The van der Waals surface area contributed by atoms with E-state index in [0.29, 0.717) is 12.3 Å². The number of piperidine rings is 1. The van der Waals surface area contributed by atoms with Crippen LogP contribution in [0.25, 0.3) is 0 Å². The van der Waals surface area contributed by atoms with Crippen LogP contribution in [-0.4, -0.2) is 19.0 Å². The zero-order valence-corrected chi connectivity index (χ0v) is 13.2. The van der Waals surface area contributed by atoms with Crippen molar-refractivity contribution in [1.29, 1.82) is 0 Å². The Labute approximate surface area is 124 Å². The average Bonchev–Trinajstić information content (AvgIpc) is 2.34. The molecule has 0 radical (unpaired) electrons. The van der Waals surface area contributed by atoms with Crippen LogP contribution in [0, 0.1) is 5.92 Å². The maximum absolute atomic E-state index is 11.9. The maximum Gasteiger partial charge on any atom is 0.224 e. The van der Waals surface area contributed by atoms with Crippen molar-refractivity contribution in [1.82, 2.24) is 5.32 Å². The summed E-state index contributed by atoms with van der Waals surface area (Å²) >= 11 is 6.83. The Balaban J connectivity index is 1.90. The first kappa shape index (κ1) is 14.0.